The zero-order chi connectivity index (χ0) is 16.7. The van der Waals surface area contributed by atoms with Crippen LogP contribution in [-0.4, -0.2) is 26.3 Å². The van der Waals surface area contributed by atoms with Crippen molar-refractivity contribution in [3.63, 3.8) is 0 Å². The van der Waals surface area contributed by atoms with Crippen LogP contribution in [0.2, 0.25) is 0 Å². The highest BCUT2D eigenvalue weighted by Gasteiger charge is 2.12. The quantitative estimate of drug-likeness (QED) is 0.523. The third-order valence-electron chi connectivity index (χ3n) is 3.08. The molecule has 0 bridgehead atoms. The van der Waals surface area contributed by atoms with Crippen LogP contribution < -0.4 is 27.9 Å². The summed E-state index contributed by atoms with van der Waals surface area (Å²) in [6, 6.07) is 17.1. The molecule has 8 heteroatoms. The van der Waals surface area contributed by atoms with E-state index in [0.29, 0.717) is 0 Å². The van der Waals surface area contributed by atoms with Gasteiger partial charge in [-0.2, -0.15) is 0 Å². The monoisotopic (exact) mass is 357 g/mol. The number of ether oxygens (including phenoxy) is 1. The average Bonchev–Trinajstić information content (AvgIpc) is 2.55. The molecule has 0 unspecified atom stereocenters. The normalized spacial score (nSPS) is 14.9. The standard InChI is InChI=1S/C15H16NOS.ClHO4/c1-2-5-13(6-3-1)14-7-4-8-15(18-14)16-9-11-17-12-10-16;2-1(3,4)5/h1-8H,9-12H2;(H,2,3,4,5)/q+1;/p-1. The van der Waals surface area contributed by atoms with E-state index >= 15 is 0 Å². The van der Waals surface area contributed by atoms with Crippen molar-refractivity contribution in [3.8, 4) is 10.4 Å². The van der Waals surface area contributed by atoms with E-state index in [2.05, 4.69) is 53.1 Å². The van der Waals surface area contributed by atoms with Gasteiger partial charge in [0.1, 0.15) is 13.2 Å². The maximum absolute atomic E-state index is 8.49. The Morgan fingerprint density at radius 1 is 0.870 bits per heavy atom. The molecule has 2 heterocycles. The van der Waals surface area contributed by atoms with E-state index in [1.165, 1.54) is 15.1 Å². The van der Waals surface area contributed by atoms with Crippen LogP contribution in [0, 0.1) is 10.2 Å². The third-order valence-corrected chi connectivity index (χ3v) is 4.28. The molecular weight excluding hydrogens is 342 g/mol. The average molecular weight is 358 g/mol. The lowest BCUT2D eigenvalue weighted by Gasteiger charge is -2.17. The predicted octanol–water partition coefficient (Wildman–Crippen LogP) is -2.54. The molecule has 0 spiro atoms. The second-order valence-electron chi connectivity index (χ2n) is 4.67. The van der Waals surface area contributed by atoms with Crippen LogP contribution in [0.3, 0.4) is 0 Å². The molecule has 0 radical (unpaired) electrons. The number of hydrogen-bond acceptors (Lipinski definition) is 6. The Balaban J connectivity index is 0.000000338. The number of benzene rings is 1. The van der Waals surface area contributed by atoms with E-state index < -0.39 is 10.2 Å². The molecule has 1 aromatic heterocycles. The second kappa shape index (κ2) is 8.51. The van der Waals surface area contributed by atoms with Gasteiger partial charge in [0.25, 0.3) is 4.67 Å². The summed E-state index contributed by atoms with van der Waals surface area (Å²) < 4.78 is 43.1. The van der Waals surface area contributed by atoms with Crippen molar-refractivity contribution in [2.24, 2.45) is 0 Å². The molecule has 6 nitrogen and oxygen atoms in total. The van der Waals surface area contributed by atoms with Crippen molar-refractivity contribution in [1.82, 2.24) is 4.58 Å². The molecule has 0 aliphatic carbocycles. The van der Waals surface area contributed by atoms with Gasteiger partial charge in [0.15, 0.2) is 13.1 Å². The third kappa shape index (κ3) is 6.76. The maximum Gasteiger partial charge on any atom is 0.256 e. The first-order valence-electron chi connectivity index (χ1n) is 6.86. The molecule has 0 N–H and O–H groups in total. The Kier molecular flexibility index (Phi) is 6.67. The minimum Gasteiger partial charge on any atom is -0.368 e. The summed E-state index contributed by atoms with van der Waals surface area (Å²) in [6.07, 6.45) is 0. The van der Waals surface area contributed by atoms with Crippen LogP contribution in [0.1, 0.15) is 0 Å². The SMILES string of the molecule is [O-][Cl+3]([O-])([O-])[O-].c1ccc(-c2cccc(=[N+]3CCOCC3)s2)cc1. The first-order valence-corrected chi connectivity index (χ1v) is 8.91. The van der Waals surface area contributed by atoms with Gasteiger partial charge in [0.2, 0.25) is 0 Å². The van der Waals surface area contributed by atoms with Crippen molar-refractivity contribution in [1.29, 1.82) is 0 Å². The predicted molar refractivity (Wildman–Crippen MR) is 75.6 cm³/mol. The van der Waals surface area contributed by atoms with E-state index in [9.17, 15) is 0 Å². The molecule has 3 rings (SSSR count). The van der Waals surface area contributed by atoms with Gasteiger partial charge in [-0.3, -0.25) is 0 Å². The van der Waals surface area contributed by atoms with Crippen LogP contribution >= 0.6 is 11.3 Å². The van der Waals surface area contributed by atoms with Crippen molar-refractivity contribution in [2.45, 2.75) is 0 Å². The zero-order valence-corrected chi connectivity index (χ0v) is 13.8. The minimum absolute atomic E-state index is 0.836. The Labute approximate surface area is 139 Å². The number of nitrogens with zero attached hydrogens (tertiary/aromatic N) is 1. The molecule has 0 saturated carbocycles. The molecule has 0 atom stereocenters. The lowest BCUT2D eigenvalue weighted by molar-refractivity contribution is -2.00. The topological polar surface area (TPSA) is 104 Å². The highest BCUT2D eigenvalue weighted by atomic mass is 35.7. The molecule has 0 amide bonds. The number of hydrogen-bond donors (Lipinski definition) is 0. The number of morpholine rings is 1. The van der Waals surface area contributed by atoms with Gasteiger partial charge in [-0.05, 0) is 11.6 Å². The molecule has 23 heavy (non-hydrogen) atoms. The fourth-order valence-corrected chi connectivity index (χ4v) is 3.19. The lowest BCUT2D eigenvalue weighted by Crippen LogP contribution is -2.68. The summed E-state index contributed by atoms with van der Waals surface area (Å²) in [5, 5.41) is 0. The summed E-state index contributed by atoms with van der Waals surface area (Å²) in [5.41, 5.74) is 1.29. The molecule has 1 saturated heterocycles. The fourth-order valence-electron chi connectivity index (χ4n) is 2.11. The summed E-state index contributed by atoms with van der Waals surface area (Å²) >= 11 is 1.85. The van der Waals surface area contributed by atoms with Gasteiger partial charge in [0.05, 0.1) is 0 Å². The molecule has 1 aromatic carbocycles. The summed E-state index contributed by atoms with van der Waals surface area (Å²) in [4.78, 5) is 1.32. The second-order valence-corrected chi connectivity index (χ2v) is 6.49. The Bertz CT molecular complexity index is 670. The van der Waals surface area contributed by atoms with Crippen LogP contribution in [0.5, 0.6) is 0 Å². The smallest absolute Gasteiger partial charge is 0.256 e. The van der Waals surface area contributed by atoms with Crippen molar-refractivity contribution in [3.05, 3.63) is 53.2 Å². The molecule has 1 fully saturated rings. The van der Waals surface area contributed by atoms with Crippen LogP contribution in [0.15, 0.2) is 48.5 Å². The van der Waals surface area contributed by atoms with Crippen LogP contribution in [0.25, 0.3) is 10.4 Å². The van der Waals surface area contributed by atoms with Crippen LogP contribution in [0.4, 0.5) is 0 Å². The number of rotatable bonds is 1. The van der Waals surface area contributed by atoms with Gasteiger partial charge in [-0.25, -0.2) is 23.2 Å². The van der Waals surface area contributed by atoms with E-state index in [1.54, 1.807) is 0 Å². The summed E-state index contributed by atoms with van der Waals surface area (Å²) in [5.74, 6) is 0. The van der Waals surface area contributed by atoms with E-state index in [4.69, 9.17) is 23.4 Å². The summed E-state index contributed by atoms with van der Waals surface area (Å²) in [7, 11) is -4.94. The molecule has 124 valence electrons. The number of halogens is 1. The van der Waals surface area contributed by atoms with Gasteiger partial charge in [-0.15, -0.1) is 10.2 Å². The fraction of sp³-hybridized carbons (Fsp3) is 0.267. The lowest BCUT2D eigenvalue weighted by atomic mass is 10.2. The van der Waals surface area contributed by atoms with Crippen LogP contribution in [-0.2, 0) is 4.74 Å². The van der Waals surface area contributed by atoms with Gasteiger partial charge in [0, 0.05) is 10.9 Å². The highest BCUT2D eigenvalue weighted by molar-refractivity contribution is 7.12. The highest BCUT2D eigenvalue weighted by Crippen LogP contribution is 2.20. The molecule has 1 aliphatic heterocycles. The molecule has 1 aliphatic rings. The maximum atomic E-state index is 8.49. The van der Waals surface area contributed by atoms with Gasteiger partial charge >= 0.3 is 0 Å². The van der Waals surface area contributed by atoms with E-state index in [0.717, 1.165) is 26.3 Å². The Hall–Kier alpha value is -1.32. The largest absolute Gasteiger partial charge is 0.368 e. The van der Waals surface area contributed by atoms with E-state index in [1.807, 2.05) is 11.3 Å². The van der Waals surface area contributed by atoms with Crippen molar-refractivity contribution >= 4 is 11.3 Å². The first kappa shape index (κ1) is 18.0. The molecular formula is C15H16ClNO5S. The van der Waals surface area contributed by atoms with Gasteiger partial charge < -0.3 is 4.74 Å². The van der Waals surface area contributed by atoms with Crippen molar-refractivity contribution in [2.75, 3.05) is 26.3 Å². The Morgan fingerprint density at radius 2 is 1.48 bits per heavy atom. The minimum atomic E-state index is -4.94. The zero-order valence-electron chi connectivity index (χ0n) is 12.2. The van der Waals surface area contributed by atoms with Gasteiger partial charge in [-0.1, -0.05) is 47.7 Å². The van der Waals surface area contributed by atoms with Crippen molar-refractivity contribution < 1.29 is 33.6 Å². The Morgan fingerprint density at radius 3 is 2.09 bits per heavy atom. The van der Waals surface area contributed by atoms with E-state index in [-0.39, 0.29) is 0 Å². The summed E-state index contributed by atoms with van der Waals surface area (Å²) in [6.45, 7) is 3.66. The first-order chi connectivity index (χ1) is 10.9. The molecule has 2 aromatic rings.